The van der Waals surface area contributed by atoms with Gasteiger partial charge >= 0.3 is 0 Å². The van der Waals surface area contributed by atoms with E-state index in [1.165, 1.54) is 5.56 Å². The molecule has 3 rings (SSSR count). The molecule has 4 heteroatoms. The third-order valence-electron chi connectivity index (χ3n) is 2.81. The summed E-state index contributed by atoms with van der Waals surface area (Å²) in [5, 5.41) is 6.85. The van der Waals surface area contributed by atoms with Gasteiger partial charge in [0.25, 0.3) is 0 Å². The van der Waals surface area contributed by atoms with Gasteiger partial charge in [0.1, 0.15) is 17.7 Å². The second-order valence-electron chi connectivity index (χ2n) is 4.13. The van der Waals surface area contributed by atoms with Crippen LogP contribution in [0.4, 0.5) is 5.82 Å². The fourth-order valence-corrected chi connectivity index (χ4v) is 2.12. The molecule has 1 atom stereocenters. The highest BCUT2D eigenvalue weighted by atomic mass is 16.5. The Kier molecular flexibility index (Phi) is 1.89. The molecule has 82 valence electrons. The summed E-state index contributed by atoms with van der Waals surface area (Å²) in [4.78, 5) is 0. The lowest BCUT2D eigenvalue weighted by atomic mass is 10.0. The van der Waals surface area contributed by atoms with Crippen molar-refractivity contribution in [2.75, 3.05) is 5.73 Å². The molecule has 1 aromatic carbocycles. The first-order valence-corrected chi connectivity index (χ1v) is 5.34. The van der Waals surface area contributed by atoms with Crippen LogP contribution in [0.5, 0.6) is 5.75 Å². The zero-order chi connectivity index (χ0) is 11.1. The molecule has 0 amide bonds. The summed E-state index contributed by atoms with van der Waals surface area (Å²) < 4.78 is 5.81. The first kappa shape index (κ1) is 9.27. The molecule has 2 heterocycles. The van der Waals surface area contributed by atoms with Crippen molar-refractivity contribution in [1.82, 2.24) is 10.2 Å². The van der Waals surface area contributed by atoms with Crippen molar-refractivity contribution >= 4 is 5.82 Å². The lowest BCUT2D eigenvalue weighted by Crippen LogP contribution is -2.05. The van der Waals surface area contributed by atoms with Crippen molar-refractivity contribution in [2.45, 2.75) is 19.4 Å². The minimum absolute atomic E-state index is 0.247. The molecule has 0 saturated carbocycles. The number of aromatic nitrogens is 2. The smallest absolute Gasteiger partial charge is 0.145 e. The van der Waals surface area contributed by atoms with E-state index in [1.54, 1.807) is 0 Å². The van der Waals surface area contributed by atoms with Crippen LogP contribution in [0.25, 0.3) is 11.3 Å². The molecular weight excluding hydrogens is 202 g/mol. The normalized spacial score (nSPS) is 18.2. The summed E-state index contributed by atoms with van der Waals surface area (Å²) in [5.41, 5.74) is 8.79. The number of hydrogen-bond acceptors (Lipinski definition) is 3. The molecule has 1 aromatic heterocycles. The molecule has 2 aromatic rings. The van der Waals surface area contributed by atoms with Crippen LogP contribution in [0, 0.1) is 0 Å². The molecule has 0 fully saturated rings. The van der Waals surface area contributed by atoms with Gasteiger partial charge in [-0.05, 0) is 18.6 Å². The number of nitrogens with two attached hydrogens (primary N) is 1. The zero-order valence-corrected chi connectivity index (χ0v) is 9.03. The molecule has 1 unspecified atom stereocenters. The van der Waals surface area contributed by atoms with E-state index < -0.39 is 0 Å². The van der Waals surface area contributed by atoms with E-state index in [0.717, 1.165) is 23.4 Å². The second-order valence-corrected chi connectivity index (χ2v) is 4.13. The van der Waals surface area contributed by atoms with Gasteiger partial charge in [-0.3, -0.25) is 5.10 Å². The van der Waals surface area contributed by atoms with Gasteiger partial charge in [0.2, 0.25) is 0 Å². The summed E-state index contributed by atoms with van der Waals surface area (Å²) in [6, 6.07) is 7.97. The van der Waals surface area contributed by atoms with Crippen LogP contribution in [0.2, 0.25) is 0 Å². The molecule has 0 bridgehead atoms. The summed E-state index contributed by atoms with van der Waals surface area (Å²) in [5.74, 6) is 1.46. The number of anilines is 1. The van der Waals surface area contributed by atoms with Crippen LogP contribution in [-0.2, 0) is 6.42 Å². The fourth-order valence-electron chi connectivity index (χ4n) is 2.12. The second kappa shape index (κ2) is 3.27. The fraction of sp³-hybridized carbons (Fsp3) is 0.250. The van der Waals surface area contributed by atoms with Crippen molar-refractivity contribution in [1.29, 1.82) is 0 Å². The number of rotatable bonds is 1. The Balaban J connectivity index is 2.13. The lowest BCUT2D eigenvalue weighted by Gasteiger charge is -2.07. The number of benzene rings is 1. The van der Waals surface area contributed by atoms with E-state index in [2.05, 4.69) is 23.2 Å². The number of nitrogens with zero attached hydrogens (tertiary/aromatic N) is 1. The highest BCUT2D eigenvalue weighted by molar-refractivity contribution is 5.71. The first-order valence-electron chi connectivity index (χ1n) is 5.34. The van der Waals surface area contributed by atoms with E-state index in [-0.39, 0.29) is 6.10 Å². The van der Waals surface area contributed by atoms with Gasteiger partial charge in [0.05, 0.1) is 5.69 Å². The van der Waals surface area contributed by atoms with Crippen LogP contribution >= 0.6 is 0 Å². The Morgan fingerprint density at radius 2 is 2.38 bits per heavy atom. The maximum atomic E-state index is 5.81. The monoisotopic (exact) mass is 215 g/mol. The highest BCUT2D eigenvalue weighted by Crippen LogP contribution is 2.38. The summed E-state index contributed by atoms with van der Waals surface area (Å²) in [6.07, 6.45) is 1.21. The van der Waals surface area contributed by atoms with Crippen molar-refractivity contribution in [3.63, 3.8) is 0 Å². The van der Waals surface area contributed by atoms with E-state index in [4.69, 9.17) is 10.5 Å². The summed E-state index contributed by atoms with van der Waals surface area (Å²) in [7, 11) is 0. The van der Waals surface area contributed by atoms with E-state index in [0.29, 0.717) is 5.82 Å². The Labute approximate surface area is 93.4 Å². The molecule has 0 aliphatic carbocycles. The summed E-state index contributed by atoms with van der Waals surface area (Å²) in [6.45, 7) is 2.07. The summed E-state index contributed by atoms with van der Waals surface area (Å²) >= 11 is 0. The number of hydrogen-bond donors (Lipinski definition) is 2. The van der Waals surface area contributed by atoms with Crippen LogP contribution in [0.1, 0.15) is 12.5 Å². The van der Waals surface area contributed by atoms with Gasteiger partial charge in [0, 0.05) is 18.1 Å². The SMILES string of the molecule is CC1Cc2cccc(-c3cc(N)n[nH]3)c2O1. The molecule has 1 aliphatic rings. The van der Waals surface area contributed by atoms with Crippen LogP contribution in [-0.4, -0.2) is 16.3 Å². The topological polar surface area (TPSA) is 63.9 Å². The average Bonchev–Trinajstić information content (AvgIpc) is 2.82. The maximum Gasteiger partial charge on any atom is 0.145 e. The van der Waals surface area contributed by atoms with Gasteiger partial charge in [0.15, 0.2) is 0 Å². The largest absolute Gasteiger partial charge is 0.489 e. The quantitative estimate of drug-likeness (QED) is 0.764. The van der Waals surface area contributed by atoms with E-state index in [1.807, 2.05) is 18.2 Å². The maximum absolute atomic E-state index is 5.81. The minimum Gasteiger partial charge on any atom is -0.489 e. The predicted molar refractivity (Wildman–Crippen MR) is 62.2 cm³/mol. The Morgan fingerprint density at radius 3 is 3.12 bits per heavy atom. The molecule has 0 spiro atoms. The predicted octanol–water partition coefficient (Wildman–Crippen LogP) is 1.98. The van der Waals surface area contributed by atoms with Gasteiger partial charge in [-0.15, -0.1) is 0 Å². The first-order chi connectivity index (χ1) is 7.74. The molecule has 3 N–H and O–H groups in total. The Hall–Kier alpha value is -1.97. The van der Waals surface area contributed by atoms with Gasteiger partial charge in [-0.25, -0.2) is 0 Å². The highest BCUT2D eigenvalue weighted by Gasteiger charge is 2.22. The lowest BCUT2D eigenvalue weighted by molar-refractivity contribution is 0.255. The van der Waals surface area contributed by atoms with Crippen LogP contribution in [0.3, 0.4) is 0 Å². The number of ether oxygens (including phenoxy) is 1. The number of nitrogen functional groups attached to an aromatic ring is 1. The molecule has 0 radical (unpaired) electrons. The van der Waals surface area contributed by atoms with Crippen molar-refractivity contribution in [3.8, 4) is 17.0 Å². The van der Waals surface area contributed by atoms with Gasteiger partial charge < -0.3 is 10.5 Å². The van der Waals surface area contributed by atoms with Crippen molar-refractivity contribution in [2.24, 2.45) is 0 Å². The molecular formula is C12H13N3O. The van der Waals surface area contributed by atoms with Crippen LogP contribution in [0.15, 0.2) is 24.3 Å². The number of H-pyrrole nitrogens is 1. The standard InChI is InChI=1S/C12H13N3O/c1-7-5-8-3-2-4-9(12(8)16-7)10-6-11(13)15-14-10/h2-4,6-7H,5H2,1H3,(H3,13,14,15). The number of nitrogens with one attached hydrogen (secondary N) is 1. The van der Waals surface area contributed by atoms with Gasteiger partial charge in [-0.2, -0.15) is 5.10 Å². The third kappa shape index (κ3) is 1.34. The molecule has 4 nitrogen and oxygen atoms in total. The molecule has 16 heavy (non-hydrogen) atoms. The Morgan fingerprint density at radius 1 is 1.50 bits per heavy atom. The number of para-hydroxylation sites is 1. The number of fused-ring (bicyclic) bond motifs is 1. The Bertz CT molecular complexity index is 533. The van der Waals surface area contributed by atoms with Crippen molar-refractivity contribution in [3.05, 3.63) is 29.8 Å². The van der Waals surface area contributed by atoms with Gasteiger partial charge in [-0.1, -0.05) is 12.1 Å². The van der Waals surface area contributed by atoms with E-state index in [9.17, 15) is 0 Å². The zero-order valence-electron chi connectivity index (χ0n) is 9.03. The third-order valence-corrected chi connectivity index (χ3v) is 2.81. The van der Waals surface area contributed by atoms with Crippen LogP contribution < -0.4 is 10.5 Å². The van der Waals surface area contributed by atoms with E-state index >= 15 is 0 Å². The minimum atomic E-state index is 0.247. The van der Waals surface area contributed by atoms with Crippen molar-refractivity contribution < 1.29 is 4.74 Å². The number of aromatic amines is 1. The molecule has 1 aliphatic heterocycles. The molecule has 0 saturated heterocycles. The average molecular weight is 215 g/mol.